The van der Waals surface area contributed by atoms with Gasteiger partial charge in [-0.2, -0.15) is 0 Å². The molecule has 0 rings (SSSR count). The second-order valence-corrected chi connectivity index (χ2v) is 18.6. The number of phosphoric ester groups is 1. The monoisotopic (exact) mass is 888 g/mol. The number of likely N-dealkylation sites (N-methyl/N-ethyl adjacent to an activating group) is 1. The van der Waals surface area contributed by atoms with Crippen LogP contribution < -0.4 is 5.73 Å². The van der Waals surface area contributed by atoms with Crippen LogP contribution in [-0.2, 0) is 37.5 Å². The fourth-order valence-corrected chi connectivity index (χ4v) is 7.24. The Balaban J connectivity index is 5.33. The number of quaternary nitrogens is 1. The first-order chi connectivity index (χ1) is 28.6. The van der Waals surface area contributed by atoms with Gasteiger partial charge >= 0.3 is 25.7 Å². The van der Waals surface area contributed by atoms with Crippen molar-refractivity contribution >= 4 is 37.5 Å². The van der Waals surface area contributed by atoms with E-state index in [-0.39, 0.29) is 38.0 Å². The third kappa shape index (κ3) is 37.2. The number of aliphatic hydroxyl groups is 1. The highest BCUT2D eigenvalue weighted by Crippen LogP contribution is 2.43. The Morgan fingerprint density at radius 1 is 0.767 bits per heavy atom. The Kier molecular flexibility index (Phi) is 35.5. The zero-order valence-electron chi connectivity index (χ0n) is 37.3. The molecule has 0 radical (unpaired) electrons. The van der Waals surface area contributed by atoms with E-state index >= 15 is 0 Å². The van der Waals surface area contributed by atoms with Gasteiger partial charge in [-0.05, 0) is 57.8 Å². The van der Waals surface area contributed by atoms with Crippen LogP contribution in [0.25, 0.3) is 0 Å². The third-order valence-corrected chi connectivity index (χ3v) is 11.4. The van der Waals surface area contributed by atoms with Gasteiger partial charge in [0.15, 0.2) is 6.10 Å². The van der Waals surface area contributed by atoms with Crippen LogP contribution in [0, 0.1) is 0 Å². The molecule has 0 spiro atoms. The second-order valence-electron chi connectivity index (χ2n) is 15.9. The Morgan fingerprint density at radius 2 is 1.40 bits per heavy atom. The molecular weight excluding hydrogens is 808 g/mol. The molecular formula is C45H80N2O11PS+. The predicted molar refractivity (Wildman–Crippen MR) is 243 cm³/mol. The van der Waals surface area contributed by atoms with Gasteiger partial charge in [0.05, 0.1) is 33.9 Å². The molecule has 1 unspecified atom stereocenters. The van der Waals surface area contributed by atoms with Crippen molar-refractivity contribution in [3.05, 3.63) is 60.8 Å². The number of carbonyl (C=O) groups excluding carboxylic acids is 2. The molecule has 0 aliphatic rings. The summed E-state index contributed by atoms with van der Waals surface area (Å²) < 4.78 is 34.3. The lowest BCUT2D eigenvalue weighted by Crippen LogP contribution is -2.39. The number of hydrogen-bond acceptors (Lipinski definition) is 11. The standard InChI is InChI=1S/C45H79N2O11PS/c1-6-8-10-12-14-16-18-20-21-23-25-27-31-42(41(48)30-29-32-43(49)50)60-38-40(46)45(52)55-36-39(37-57-59(53,54)56-35-34-47(3,4)5)58-44(51)33-28-26-24-22-19-17-15-13-11-9-7-2/h13-16,20-21,23,25,27,31,39-42,48H,6-12,17-19,22,24,26,28-30,32-38,46H2,1-5H3,(H-,49,50,53,54)/p+1/b15-13-,16-14-,21-20-,25-23+,31-27+/t39-,40+,41+,42-/m1/s1. The van der Waals surface area contributed by atoms with Crippen LogP contribution >= 0.6 is 19.6 Å². The molecule has 0 aliphatic carbocycles. The molecule has 15 heteroatoms. The molecule has 346 valence electrons. The van der Waals surface area contributed by atoms with E-state index < -0.39 is 62.4 Å². The van der Waals surface area contributed by atoms with E-state index in [4.69, 9.17) is 29.4 Å². The summed E-state index contributed by atoms with van der Waals surface area (Å²) in [5.74, 6) is -2.25. The number of carboxylic acids is 1. The van der Waals surface area contributed by atoms with Crippen LogP contribution in [0.5, 0.6) is 0 Å². The molecule has 0 amide bonds. The highest BCUT2D eigenvalue weighted by molar-refractivity contribution is 8.00. The van der Waals surface area contributed by atoms with Crippen molar-refractivity contribution in [1.82, 2.24) is 0 Å². The topological polar surface area (TPSA) is 192 Å². The number of carboxylic acid groups (broad SMARTS) is 1. The number of esters is 2. The number of aliphatic hydroxyl groups excluding tert-OH is 1. The second kappa shape index (κ2) is 37.0. The van der Waals surface area contributed by atoms with Gasteiger partial charge in [0.25, 0.3) is 0 Å². The van der Waals surface area contributed by atoms with Gasteiger partial charge < -0.3 is 34.8 Å². The number of ether oxygens (including phenoxy) is 2. The molecule has 0 saturated heterocycles. The number of nitrogens with zero attached hydrogens (tertiary/aromatic N) is 1. The van der Waals surface area contributed by atoms with E-state index in [1.54, 1.807) is 12.2 Å². The predicted octanol–water partition coefficient (Wildman–Crippen LogP) is 9.00. The van der Waals surface area contributed by atoms with Crippen molar-refractivity contribution in [2.75, 3.05) is 53.3 Å². The van der Waals surface area contributed by atoms with Crippen molar-refractivity contribution in [1.29, 1.82) is 0 Å². The van der Waals surface area contributed by atoms with Crippen LogP contribution in [0.3, 0.4) is 0 Å². The molecule has 0 fully saturated rings. The summed E-state index contributed by atoms with van der Waals surface area (Å²) in [7, 11) is 1.20. The van der Waals surface area contributed by atoms with E-state index in [0.717, 1.165) is 51.4 Å². The van der Waals surface area contributed by atoms with Crippen molar-refractivity contribution in [3.8, 4) is 0 Å². The maximum Gasteiger partial charge on any atom is 0.472 e. The molecule has 0 heterocycles. The van der Waals surface area contributed by atoms with Crippen LogP contribution in [0.4, 0.5) is 0 Å². The molecule has 0 aromatic heterocycles. The first-order valence-electron chi connectivity index (χ1n) is 22.0. The SMILES string of the molecule is CCCC/C=C\CCCCCCCC(=O)O[C@H](COC(=O)[C@@H](N)CS[C@H](/C=C/C=C/C=C\C/C=C\CCCCC)[C@@H](O)CCCC(=O)O)COP(=O)(O)OCC[N+](C)(C)C. The Morgan fingerprint density at radius 3 is 2.08 bits per heavy atom. The molecule has 0 bridgehead atoms. The Labute approximate surface area is 366 Å². The minimum Gasteiger partial charge on any atom is -0.481 e. The average Bonchev–Trinajstić information content (AvgIpc) is 3.18. The van der Waals surface area contributed by atoms with Crippen molar-refractivity contribution in [2.45, 2.75) is 153 Å². The van der Waals surface area contributed by atoms with Crippen molar-refractivity contribution < 1.29 is 57.1 Å². The van der Waals surface area contributed by atoms with Crippen LogP contribution in [0.1, 0.15) is 129 Å². The average molecular weight is 888 g/mol. The van der Waals surface area contributed by atoms with Gasteiger partial charge in [0.2, 0.25) is 0 Å². The zero-order chi connectivity index (χ0) is 44.9. The maximum absolute atomic E-state index is 13.0. The summed E-state index contributed by atoms with van der Waals surface area (Å²) in [4.78, 5) is 47.1. The third-order valence-electron chi connectivity index (χ3n) is 9.02. The van der Waals surface area contributed by atoms with E-state index in [0.29, 0.717) is 17.4 Å². The smallest absolute Gasteiger partial charge is 0.472 e. The van der Waals surface area contributed by atoms with Gasteiger partial charge in [-0.3, -0.25) is 23.4 Å². The molecule has 13 nitrogen and oxygen atoms in total. The number of carbonyl (C=O) groups is 3. The fraction of sp³-hybridized carbons (Fsp3) is 0.711. The Hall–Kier alpha value is -2.55. The molecule has 5 atom stereocenters. The number of nitrogens with two attached hydrogens (primary N) is 1. The molecule has 60 heavy (non-hydrogen) atoms. The van der Waals surface area contributed by atoms with Crippen molar-refractivity contribution in [2.24, 2.45) is 5.73 Å². The number of phosphoric acid groups is 1. The van der Waals surface area contributed by atoms with Gasteiger partial charge in [-0.15, -0.1) is 11.8 Å². The first-order valence-corrected chi connectivity index (χ1v) is 24.5. The van der Waals surface area contributed by atoms with Gasteiger partial charge in [-0.1, -0.05) is 120 Å². The minimum atomic E-state index is -4.51. The summed E-state index contributed by atoms with van der Waals surface area (Å²) in [6.45, 7) is 3.73. The highest BCUT2D eigenvalue weighted by Gasteiger charge is 2.28. The maximum atomic E-state index is 13.0. The van der Waals surface area contributed by atoms with E-state index in [2.05, 4.69) is 38.2 Å². The quantitative estimate of drug-likeness (QED) is 0.0114. The number of allylic oxidation sites excluding steroid dienone is 9. The zero-order valence-corrected chi connectivity index (χ0v) is 39.0. The summed E-state index contributed by atoms with van der Waals surface area (Å²) in [6.07, 6.45) is 33.2. The lowest BCUT2D eigenvalue weighted by molar-refractivity contribution is -0.870. The summed E-state index contributed by atoms with van der Waals surface area (Å²) in [5, 5.41) is 19.5. The summed E-state index contributed by atoms with van der Waals surface area (Å²) in [6, 6.07) is -1.13. The highest BCUT2D eigenvalue weighted by atomic mass is 32.2. The number of unbranched alkanes of at least 4 members (excludes halogenated alkanes) is 10. The number of rotatable bonds is 39. The number of aliphatic carboxylic acids is 1. The van der Waals surface area contributed by atoms with Crippen LogP contribution in [-0.4, -0.2) is 114 Å². The van der Waals surface area contributed by atoms with E-state index in [1.807, 2.05) is 45.4 Å². The van der Waals surface area contributed by atoms with E-state index in [1.165, 1.54) is 43.9 Å². The summed E-state index contributed by atoms with van der Waals surface area (Å²) in [5.41, 5.74) is 6.19. The lowest BCUT2D eigenvalue weighted by Gasteiger charge is -2.24. The normalized spacial score (nSPS) is 15.6. The molecule has 0 aromatic rings. The fourth-order valence-electron chi connectivity index (χ4n) is 5.38. The van der Waals surface area contributed by atoms with Gasteiger partial charge in [0, 0.05) is 23.8 Å². The van der Waals surface area contributed by atoms with E-state index in [9.17, 15) is 28.9 Å². The molecule has 0 aliphatic heterocycles. The number of thioether (sulfide) groups is 1. The van der Waals surface area contributed by atoms with Gasteiger partial charge in [-0.25, -0.2) is 4.57 Å². The number of hydrogen-bond donors (Lipinski definition) is 4. The van der Waals surface area contributed by atoms with Crippen LogP contribution in [0.2, 0.25) is 0 Å². The van der Waals surface area contributed by atoms with Crippen molar-refractivity contribution in [3.63, 3.8) is 0 Å². The lowest BCUT2D eigenvalue weighted by atomic mass is 10.1. The minimum absolute atomic E-state index is 0.0483. The molecule has 0 aromatic carbocycles. The largest absolute Gasteiger partial charge is 0.481 e. The Bertz CT molecular complexity index is 1330. The molecule has 5 N–H and O–H groups in total. The van der Waals surface area contributed by atoms with Gasteiger partial charge in [0.1, 0.15) is 25.8 Å². The molecule has 0 saturated carbocycles. The summed E-state index contributed by atoms with van der Waals surface area (Å²) >= 11 is 1.22. The van der Waals surface area contributed by atoms with Crippen LogP contribution in [0.15, 0.2) is 60.8 Å². The first kappa shape index (κ1) is 57.4.